The van der Waals surface area contributed by atoms with Crippen LogP contribution in [-0.4, -0.2) is 59.8 Å². The zero-order valence-corrected chi connectivity index (χ0v) is 11.0. The van der Waals surface area contributed by atoms with E-state index in [1.807, 2.05) is 0 Å². The van der Waals surface area contributed by atoms with Gasteiger partial charge >= 0.3 is 0 Å². The highest BCUT2D eigenvalue weighted by atomic mass is 16.3. The molecule has 2 unspecified atom stereocenters. The van der Waals surface area contributed by atoms with Crippen molar-refractivity contribution in [3.05, 3.63) is 0 Å². The van der Waals surface area contributed by atoms with E-state index in [0.29, 0.717) is 6.04 Å². The number of fused-ring (bicyclic) bond motifs is 1. The molecular formula is C14H26N2O. The molecule has 98 valence electrons. The SMILES string of the molecule is CN1CCCC2CN([C@@H]3CCC[C@H]3O)CCC21. The van der Waals surface area contributed by atoms with Crippen molar-refractivity contribution in [3.63, 3.8) is 0 Å². The Bertz CT molecular complexity index is 271. The lowest BCUT2D eigenvalue weighted by atomic mass is 9.83. The van der Waals surface area contributed by atoms with Gasteiger partial charge in [-0.1, -0.05) is 0 Å². The van der Waals surface area contributed by atoms with Gasteiger partial charge in [0.25, 0.3) is 0 Å². The number of nitrogens with zero attached hydrogens (tertiary/aromatic N) is 2. The van der Waals surface area contributed by atoms with Crippen LogP contribution in [0.2, 0.25) is 0 Å². The van der Waals surface area contributed by atoms with Crippen LogP contribution < -0.4 is 0 Å². The molecule has 1 saturated carbocycles. The van der Waals surface area contributed by atoms with Gasteiger partial charge in [-0.25, -0.2) is 0 Å². The third kappa shape index (κ3) is 2.25. The minimum absolute atomic E-state index is 0.0483. The third-order valence-electron chi connectivity index (χ3n) is 5.29. The summed E-state index contributed by atoms with van der Waals surface area (Å²) in [4.78, 5) is 5.16. The molecule has 3 nitrogen and oxygen atoms in total. The first kappa shape index (κ1) is 11.9. The summed E-state index contributed by atoms with van der Waals surface area (Å²) >= 11 is 0. The first-order valence-corrected chi connectivity index (χ1v) is 7.38. The summed E-state index contributed by atoms with van der Waals surface area (Å²) in [6.07, 6.45) is 7.48. The molecule has 0 bridgehead atoms. The van der Waals surface area contributed by atoms with Gasteiger partial charge in [0.1, 0.15) is 0 Å². The number of likely N-dealkylation sites (tertiary alicyclic amines) is 2. The molecule has 2 heterocycles. The first-order valence-electron chi connectivity index (χ1n) is 7.38. The molecule has 3 aliphatic rings. The van der Waals surface area contributed by atoms with E-state index in [9.17, 15) is 5.11 Å². The molecular weight excluding hydrogens is 212 g/mol. The average molecular weight is 238 g/mol. The zero-order valence-electron chi connectivity index (χ0n) is 11.0. The Morgan fingerprint density at radius 1 is 0.941 bits per heavy atom. The van der Waals surface area contributed by atoms with E-state index in [2.05, 4.69) is 16.8 Å². The summed E-state index contributed by atoms with van der Waals surface area (Å²) in [6.45, 7) is 3.72. The van der Waals surface area contributed by atoms with E-state index in [1.165, 1.54) is 51.7 Å². The molecule has 0 amide bonds. The molecule has 0 spiro atoms. The maximum Gasteiger partial charge on any atom is 0.0695 e. The number of hydrogen-bond donors (Lipinski definition) is 1. The van der Waals surface area contributed by atoms with Crippen LogP contribution >= 0.6 is 0 Å². The molecule has 3 rings (SSSR count). The number of hydrogen-bond acceptors (Lipinski definition) is 3. The van der Waals surface area contributed by atoms with Crippen molar-refractivity contribution < 1.29 is 5.11 Å². The number of rotatable bonds is 1. The largest absolute Gasteiger partial charge is 0.391 e. The van der Waals surface area contributed by atoms with Gasteiger partial charge in [-0.15, -0.1) is 0 Å². The lowest BCUT2D eigenvalue weighted by Crippen LogP contribution is -2.55. The number of aliphatic hydroxyl groups excluding tert-OH is 1. The average Bonchev–Trinajstić information content (AvgIpc) is 2.75. The van der Waals surface area contributed by atoms with Crippen molar-refractivity contribution in [2.75, 3.05) is 26.7 Å². The molecule has 2 saturated heterocycles. The monoisotopic (exact) mass is 238 g/mol. The maximum absolute atomic E-state index is 10.0. The van der Waals surface area contributed by atoms with Crippen molar-refractivity contribution in [2.24, 2.45) is 5.92 Å². The van der Waals surface area contributed by atoms with Crippen LogP contribution in [0.4, 0.5) is 0 Å². The van der Waals surface area contributed by atoms with Crippen LogP contribution in [0.15, 0.2) is 0 Å². The van der Waals surface area contributed by atoms with E-state index in [1.54, 1.807) is 0 Å². The predicted octanol–water partition coefficient (Wildman–Crippen LogP) is 1.32. The normalized spacial score (nSPS) is 44.8. The van der Waals surface area contributed by atoms with Crippen molar-refractivity contribution in [1.29, 1.82) is 0 Å². The van der Waals surface area contributed by atoms with E-state index >= 15 is 0 Å². The fraction of sp³-hybridized carbons (Fsp3) is 1.00. The molecule has 3 fully saturated rings. The highest BCUT2D eigenvalue weighted by Gasteiger charge is 2.39. The smallest absolute Gasteiger partial charge is 0.0695 e. The second kappa shape index (κ2) is 4.87. The Balaban J connectivity index is 1.63. The summed E-state index contributed by atoms with van der Waals surface area (Å²) in [5.74, 6) is 0.857. The number of piperidine rings is 2. The molecule has 0 aromatic rings. The molecule has 0 aromatic heterocycles. The lowest BCUT2D eigenvalue weighted by Gasteiger charge is -2.48. The highest BCUT2D eigenvalue weighted by Crippen LogP contribution is 2.33. The molecule has 1 aliphatic carbocycles. The summed E-state index contributed by atoms with van der Waals surface area (Å²) in [5, 5.41) is 10.0. The Hall–Kier alpha value is -0.120. The van der Waals surface area contributed by atoms with E-state index < -0.39 is 0 Å². The van der Waals surface area contributed by atoms with Crippen LogP contribution in [0.25, 0.3) is 0 Å². The molecule has 2 aliphatic heterocycles. The maximum atomic E-state index is 10.0. The zero-order chi connectivity index (χ0) is 11.8. The number of aliphatic hydroxyl groups is 1. The molecule has 17 heavy (non-hydrogen) atoms. The topological polar surface area (TPSA) is 26.7 Å². The molecule has 3 heteroatoms. The van der Waals surface area contributed by atoms with Crippen LogP contribution in [-0.2, 0) is 0 Å². The van der Waals surface area contributed by atoms with Gasteiger partial charge in [0.05, 0.1) is 6.10 Å². The Morgan fingerprint density at radius 3 is 2.59 bits per heavy atom. The molecule has 4 atom stereocenters. The van der Waals surface area contributed by atoms with Gasteiger partial charge in [-0.3, -0.25) is 4.90 Å². The minimum Gasteiger partial charge on any atom is -0.391 e. The summed E-state index contributed by atoms with van der Waals surface area (Å²) < 4.78 is 0. The molecule has 0 radical (unpaired) electrons. The Kier molecular flexibility index (Phi) is 3.42. The van der Waals surface area contributed by atoms with Gasteiger partial charge in [0, 0.05) is 25.2 Å². The Morgan fingerprint density at radius 2 is 1.82 bits per heavy atom. The fourth-order valence-corrected chi connectivity index (χ4v) is 4.33. The predicted molar refractivity (Wildman–Crippen MR) is 69.0 cm³/mol. The Labute approximate surface area is 105 Å². The minimum atomic E-state index is -0.0483. The summed E-state index contributed by atoms with van der Waals surface area (Å²) in [5.41, 5.74) is 0. The fourth-order valence-electron chi connectivity index (χ4n) is 4.33. The second-order valence-corrected chi connectivity index (χ2v) is 6.30. The molecule has 0 aromatic carbocycles. The van der Waals surface area contributed by atoms with Crippen LogP contribution in [0.5, 0.6) is 0 Å². The van der Waals surface area contributed by atoms with Crippen LogP contribution in [0.3, 0.4) is 0 Å². The van der Waals surface area contributed by atoms with Crippen LogP contribution in [0, 0.1) is 5.92 Å². The van der Waals surface area contributed by atoms with Gasteiger partial charge in [-0.2, -0.15) is 0 Å². The van der Waals surface area contributed by atoms with Gasteiger partial charge in [-0.05, 0) is 58.0 Å². The van der Waals surface area contributed by atoms with Gasteiger partial charge < -0.3 is 10.0 Å². The standard InChI is InChI=1S/C14H26N2O/c1-15-8-3-4-11-10-16(9-7-12(11)15)13-5-2-6-14(13)17/h11-14,17H,2-10H2,1H3/t11?,12?,13-,14-/m1/s1. The van der Waals surface area contributed by atoms with E-state index in [-0.39, 0.29) is 6.10 Å². The highest BCUT2D eigenvalue weighted by molar-refractivity contribution is 4.94. The van der Waals surface area contributed by atoms with Crippen molar-refractivity contribution in [2.45, 2.75) is 56.7 Å². The van der Waals surface area contributed by atoms with Crippen molar-refractivity contribution >= 4 is 0 Å². The summed E-state index contributed by atoms with van der Waals surface area (Å²) in [6, 6.07) is 1.29. The quantitative estimate of drug-likeness (QED) is 0.746. The molecule has 1 N–H and O–H groups in total. The van der Waals surface area contributed by atoms with Gasteiger partial charge in [0.15, 0.2) is 0 Å². The van der Waals surface area contributed by atoms with E-state index in [4.69, 9.17) is 0 Å². The van der Waals surface area contributed by atoms with Crippen molar-refractivity contribution in [1.82, 2.24) is 9.80 Å². The first-order chi connectivity index (χ1) is 8.25. The summed E-state index contributed by atoms with van der Waals surface area (Å²) in [7, 11) is 2.29. The van der Waals surface area contributed by atoms with Crippen LogP contribution in [0.1, 0.15) is 38.5 Å². The van der Waals surface area contributed by atoms with Gasteiger partial charge in [0.2, 0.25) is 0 Å². The lowest BCUT2D eigenvalue weighted by molar-refractivity contribution is -0.00687. The third-order valence-corrected chi connectivity index (χ3v) is 5.29. The second-order valence-electron chi connectivity index (χ2n) is 6.30. The van der Waals surface area contributed by atoms with E-state index in [0.717, 1.165) is 18.4 Å². The van der Waals surface area contributed by atoms with Crippen molar-refractivity contribution in [3.8, 4) is 0 Å².